The Kier molecular flexibility index (Phi) is 2.71. The van der Waals surface area contributed by atoms with Gasteiger partial charge in [0.1, 0.15) is 0 Å². The number of anilines is 1. The topological polar surface area (TPSA) is 75.8 Å². The molecule has 0 radical (unpaired) electrons. The van der Waals surface area contributed by atoms with Crippen LogP contribution in [0.1, 0.15) is 17.3 Å². The average Bonchev–Trinajstić information content (AvgIpc) is 2.24. The van der Waals surface area contributed by atoms with Crippen molar-refractivity contribution in [2.75, 3.05) is 25.9 Å². The van der Waals surface area contributed by atoms with Crippen molar-refractivity contribution in [3.05, 3.63) is 23.8 Å². The predicted molar refractivity (Wildman–Crippen MR) is 63.9 cm³/mol. The van der Waals surface area contributed by atoms with E-state index in [-0.39, 0.29) is 5.91 Å². The summed E-state index contributed by atoms with van der Waals surface area (Å²) in [5.74, 6) is 0.227. The molecule has 1 aliphatic heterocycles. The molecule has 0 unspecified atom stereocenters. The van der Waals surface area contributed by atoms with Crippen LogP contribution in [0, 0.1) is 0 Å². The van der Waals surface area contributed by atoms with Crippen LogP contribution in [0.25, 0.3) is 0 Å². The standard InChI is InChI=1S/C12H16N2O3/c1-12(16)6-14(7-12)11(15)8-4-3-5-9(13)10(8)17-2/h3-5,16H,6-7,13H2,1-2H3. The molecule has 1 aromatic rings. The molecule has 0 aliphatic carbocycles. The van der Waals surface area contributed by atoms with Crippen LogP contribution in [0.4, 0.5) is 5.69 Å². The number of amides is 1. The van der Waals surface area contributed by atoms with E-state index < -0.39 is 5.60 Å². The molecule has 1 heterocycles. The van der Waals surface area contributed by atoms with Crippen LogP contribution in [0.5, 0.6) is 5.75 Å². The summed E-state index contributed by atoms with van der Waals surface area (Å²) in [7, 11) is 1.48. The van der Waals surface area contributed by atoms with E-state index in [1.54, 1.807) is 30.0 Å². The van der Waals surface area contributed by atoms with Crippen LogP contribution in [0.15, 0.2) is 18.2 Å². The second kappa shape index (κ2) is 3.92. The molecule has 92 valence electrons. The number of hydrogen-bond acceptors (Lipinski definition) is 4. The number of nitrogens with two attached hydrogens (primary N) is 1. The van der Waals surface area contributed by atoms with E-state index in [9.17, 15) is 9.90 Å². The van der Waals surface area contributed by atoms with E-state index in [0.29, 0.717) is 30.1 Å². The fourth-order valence-corrected chi connectivity index (χ4v) is 2.04. The van der Waals surface area contributed by atoms with E-state index in [1.807, 2.05) is 0 Å². The van der Waals surface area contributed by atoms with Crippen LogP contribution in [-0.2, 0) is 0 Å². The Morgan fingerprint density at radius 1 is 1.53 bits per heavy atom. The Hall–Kier alpha value is -1.75. The highest BCUT2D eigenvalue weighted by Crippen LogP contribution is 2.30. The number of para-hydroxylation sites is 1. The van der Waals surface area contributed by atoms with Crippen molar-refractivity contribution in [2.24, 2.45) is 0 Å². The van der Waals surface area contributed by atoms with Crippen LogP contribution in [-0.4, -0.2) is 41.7 Å². The zero-order chi connectivity index (χ0) is 12.6. The van der Waals surface area contributed by atoms with E-state index >= 15 is 0 Å². The van der Waals surface area contributed by atoms with Gasteiger partial charge in [-0.15, -0.1) is 0 Å². The summed E-state index contributed by atoms with van der Waals surface area (Å²) >= 11 is 0. The molecule has 0 aromatic heterocycles. The molecule has 1 saturated heterocycles. The number of carbonyl (C=O) groups is 1. The van der Waals surface area contributed by atoms with E-state index in [1.165, 1.54) is 7.11 Å². The molecule has 1 amide bonds. The van der Waals surface area contributed by atoms with Gasteiger partial charge in [-0.1, -0.05) is 6.07 Å². The monoisotopic (exact) mass is 236 g/mol. The first-order valence-electron chi connectivity index (χ1n) is 5.39. The quantitative estimate of drug-likeness (QED) is 0.732. The van der Waals surface area contributed by atoms with Gasteiger partial charge in [-0.2, -0.15) is 0 Å². The normalized spacial score (nSPS) is 17.5. The number of aliphatic hydroxyl groups is 1. The van der Waals surface area contributed by atoms with Gasteiger partial charge in [-0.3, -0.25) is 4.79 Å². The van der Waals surface area contributed by atoms with Crippen molar-refractivity contribution in [3.8, 4) is 5.75 Å². The second-order valence-corrected chi connectivity index (χ2v) is 4.59. The fourth-order valence-electron chi connectivity index (χ4n) is 2.04. The smallest absolute Gasteiger partial charge is 0.257 e. The predicted octanol–water partition coefficient (Wildman–Crippen LogP) is 0.484. The Morgan fingerprint density at radius 3 is 2.71 bits per heavy atom. The van der Waals surface area contributed by atoms with Gasteiger partial charge < -0.3 is 20.5 Å². The molecular formula is C12H16N2O3. The van der Waals surface area contributed by atoms with Crippen LogP contribution in [0.3, 0.4) is 0 Å². The molecule has 1 aliphatic rings. The maximum Gasteiger partial charge on any atom is 0.257 e. The minimum Gasteiger partial charge on any atom is -0.494 e. The van der Waals surface area contributed by atoms with E-state index in [2.05, 4.69) is 0 Å². The number of rotatable bonds is 2. The molecule has 1 fully saturated rings. The largest absolute Gasteiger partial charge is 0.494 e. The summed E-state index contributed by atoms with van der Waals surface area (Å²) in [6, 6.07) is 5.06. The molecule has 1 aromatic carbocycles. The lowest BCUT2D eigenvalue weighted by atomic mass is 9.95. The number of nitrogens with zero attached hydrogens (tertiary/aromatic N) is 1. The van der Waals surface area contributed by atoms with Gasteiger partial charge in [0.2, 0.25) is 0 Å². The van der Waals surface area contributed by atoms with Crippen molar-refractivity contribution in [1.29, 1.82) is 0 Å². The highest BCUT2D eigenvalue weighted by Gasteiger charge is 2.40. The first-order valence-corrected chi connectivity index (χ1v) is 5.39. The van der Waals surface area contributed by atoms with Crippen LogP contribution >= 0.6 is 0 Å². The number of benzene rings is 1. The number of nitrogen functional groups attached to an aromatic ring is 1. The van der Waals surface area contributed by atoms with Gasteiger partial charge in [-0.25, -0.2) is 0 Å². The number of ether oxygens (including phenoxy) is 1. The maximum atomic E-state index is 12.1. The lowest BCUT2D eigenvalue weighted by Crippen LogP contribution is -2.61. The highest BCUT2D eigenvalue weighted by atomic mass is 16.5. The number of methoxy groups -OCH3 is 1. The van der Waals surface area contributed by atoms with E-state index in [4.69, 9.17) is 10.5 Å². The van der Waals surface area contributed by atoms with Crippen LogP contribution < -0.4 is 10.5 Å². The lowest BCUT2D eigenvalue weighted by molar-refractivity contribution is -0.0669. The fraction of sp³-hybridized carbons (Fsp3) is 0.417. The maximum absolute atomic E-state index is 12.1. The molecule has 0 spiro atoms. The summed E-state index contributed by atoms with van der Waals surface area (Å²) < 4.78 is 5.13. The Balaban J connectivity index is 2.23. The van der Waals surface area contributed by atoms with Gasteiger partial charge in [-0.05, 0) is 19.1 Å². The SMILES string of the molecule is COc1c(N)cccc1C(=O)N1CC(C)(O)C1. The summed E-state index contributed by atoms with van der Waals surface area (Å²) in [6.07, 6.45) is 0. The molecule has 5 nitrogen and oxygen atoms in total. The molecule has 5 heteroatoms. The van der Waals surface area contributed by atoms with Gasteiger partial charge in [0.05, 0.1) is 37.1 Å². The Labute approximate surface area is 99.8 Å². The molecule has 0 atom stereocenters. The highest BCUT2D eigenvalue weighted by molar-refractivity contribution is 5.99. The third-order valence-corrected chi connectivity index (χ3v) is 2.83. The van der Waals surface area contributed by atoms with Crippen LogP contribution in [0.2, 0.25) is 0 Å². The minimum atomic E-state index is -0.775. The van der Waals surface area contributed by atoms with Crippen molar-refractivity contribution in [2.45, 2.75) is 12.5 Å². The third kappa shape index (κ3) is 2.06. The first-order chi connectivity index (χ1) is 7.94. The lowest BCUT2D eigenvalue weighted by Gasteiger charge is -2.44. The zero-order valence-electron chi connectivity index (χ0n) is 9.93. The molecule has 17 heavy (non-hydrogen) atoms. The minimum absolute atomic E-state index is 0.166. The zero-order valence-corrected chi connectivity index (χ0v) is 9.93. The van der Waals surface area contributed by atoms with Crippen molar-refractivity contribution < 1.29 is 14.6 Å². The summed E-state index contributed by atoms with van der Waals surface area (Å²) in [6.45, 7) is 2.38. The summed E-state index contributed by atoms with van der Waals surface area (Å²) in [5.41, 5.74) is 5.83. The molecular weight excluding hydrogens is 220 g/mol. The first kappa shape index (κ1) is 11.7. The number of carbonyl (C=O) groups excluding carboxylic acids is 1. The Morgan fingerprint density at radius 2 is 2.18 bits per heavy atom. The number of hydrogen-bond donors (Lipinski definition) is 2. The molecule has 0 bridgehead atoms. The van der Waals surface area contributed by atoms with Gasteiger partial charge in [0.15, 0.2) is 5.75 Å². The van der Waals surface area contributed by atoms with Crippen molar-refractivity contribution >= 4 is 11.6 Å². The molecule has 2 rings (SSSR count). The summed E-state index contributed by atoms with van der Waals surface area (Å²) in [5, 5.41) is 9.61. The van der Waals surface area contributed by atoms with Crippen molar-refractivity contribution in [3.63, 3.8) is 0 Å². The number of β-amino-alcohol motifs (C(OH)–C–C–N with tert-alkyl or cyclic N) is 1. The second-order valence-electron chi connectivity index (χ2n) is 4.59. The average molecular weight is 236 g/mol. The van der Waals surface area contributed by atoms with Gasteiger partial charge in [0, 0.05) is 0 Å². The van der Waals surface area contributed by atoms with E-state index in [0.717, 1.165) is 0 Å². The van der Waals surface area contributed by atoms with Crippen molar-refractivity contribution in [1.82, 2.24) is 4.90 Å². The summed E-state index contributed by atoms with van der Waals surface area (Å²) in [4.78, 5) is 13.7. The number of likely N-dealkylation sites (tertiary alicyclic amines) is 1. The third-order valence-electron chi connectivity index (χ3n) is 2.83. The van der Waals surface area contributed by atoms with Gasteiger partial charge >= 0.3 is 0 Å². The van der Waals surface area contributed by atoms with Gasteiger partial charge in [0.25, 0.3) is 5.91 Å². The Bertz CT molecular complexity index is 449. The molecule has 0 saturated carbocycles. The molecule has 3 N–H and O–H groups in total.